The second-order valence-electron chi connectivity index (χ2n) is 4.66. The van der Waals surface area contributed by atoms with E-state index >= 15 is 0 Å². The summed E-state index contributed by atoms with van der Waals surface area (Å²) in [6.07, 6.45) is 1.32. The van der Waals surface area contributed by atoms with Crippen LogP contribution in [0.2, 0.25) is 0 Å². The number of nitriles is 1. The van der Waals surface area contributed by atoms with E-state index in [0.717, 1.165) is 10.8 Å². The van der Waals surface area contributed by atoms with Crippen LogP contribution in [0.25, 0.3) is 10.8 Å². The first-order valence-electron chi connectivity index (χ1n) is 6.46. The van der Waals surface area contributed by atoms with Crippen molar-refractivity contribution >= 4 is 26.6 Å². The van der Waals surface area contributed by atoms with Gasteiger partial charge >= 0.3 is 0 Å². The predicted molar refractivity (Wildman–Crippen MR) is 83.7 cm³/mol. The molecule has 0 aliphatic heterocycles. The molecule has 0 saturated heterocycles. The molecule has 0 fully saturated rings. The minimum absolute atomic E-state index is 0.164. The fraction of sp³-hybridized carbons (Fsp3) is 0. The summed E-state index contributed by atoms with van der Waals surface area (Å²) in [6, 6.07) is 17.3. The third-order valence-electron chi connectivity index (χ3n) is 3.16. The van der Waals surface area contributed by atoms with Gasteiger partial charge in [-0.05, 0) is 35.0 Å². The normalized spacial score (nSPS) is 11.0. The smallest absolute Gasteiger partial charge is 0.263 e. The maximum absolute atomic E-state index is 12.4. The van der Waals surface area contributed by atoms with E-state index in [-0.39, 0.29) is 10.7 Å². The Morgan fingerprint density at radius 1 is 1.00 bits per heavy atom. The number of hydrogen-bond acceptors (Lipinski definition) is 4. The van der Waals surface area contributed by atoms with E-state index in [9.17, 15) is 8.42 Å². The quantitative estimate of drug-likeness (QED) is 0.806. The average molecular weight is 309 g/mol. The molecule has 3 rings (SSSR count). The lowest BCUT2D eigenvalue weighted by Crippen LogP contribution is -2.13. The van der Waals surface area contributed by atoms with Crippen molar-refractivity contribution in [1.29, 1.82) is 5.26 Å². The standard InChI is InChI=1S/C16H11N3O2S/c17-10-12-5-8-16(18-11-12)19-22(20,21)15-7-6-13-3-1-2-4-14(13)9-15/h1-9,11H,(H,18,19). The molecule has 0 saturated carbocycles. The van der Waals surface area contributed by atoms with Gasteiger partial charge in [0.2, 0.25) is 0 Å². The summed E-state index contributed by atoms with van der Waals surface area (Å²) in [6.45, 7) is 0. The molecule has 1 N–H and O–H groups in total. The van der Waals surface area contributed by atoms with Crippen LogP contribution < -0.4 is 4.72 Å². The van der Waals surface area contributed by atoms with Crippen molar-refractivity contribution < 1.29 is 8.42 Å². The summed E-state index contributed by atoms with van der Waals surface area (Å²) in [7, 11) is -3.72. The highest BCUT2D eigenvalue weighted by Crippen LogP contribution is 2.20. The molecule has 6 heteroatoms. The molecule has 0 amide bonds. The Balaban J connectivity index is 1.95. The van der Waals surface area contributed by atoms with E-state index in [1.54, 1.807) is 18.2 Å². The molecule has 0 unspecified atom stereocenters. The van der Waals surface area contributed by atoms with Crippen molar-refractivity contribution in [2.75, 3.05) is 4.72 Å². The Bertz CT molecular complexity index is 974. The van der Waals surface area contributed by atoms with Crippen molar-refractivity contribution in [3.05, 3.63) is 66.4 Å². The van der Waals surface area contributed by atoms with Crippen LogP contribution in [0.4, 0.5) is 5.82 Å². The monoisotopic (exact) mass is 309 g/mol. The Kier molecular flexibility index (Phi) is 3.49. The topological polar surface area (TPSA) is 82.9 Å². The molecule has 0 radical (unpaired) electrons. The number of nitrogens with one attached hydrogen (secondary N) is 1. The number of hydrogen-bond donors (Lipinski definition) is 1. The fourth-order valence-corrected chi connectivity index (χ4v) is 3.09. The van der Waals surface area contributed by atoms with Crippen molar-refractivity contribution in [2.24, 2.45) is 0 Å². The van der Waals surface area contributed by atoms with Gasteiger partial charge in [0.25, 0.3) is 10.0 Å². The zero-order chi connectivity index (χ0) is 15.6. The summed E-state index contributed by atoms with van der Waals surface area (Å²) in [4.78, 5) is 4.07. The molecule has 2 aromatic carbocycles. The molecule has 3 aromatic rings. The molecule has 0 bridgehead atoms. The average Bonchev–Trinajstić information content (AvgIpc) is 2.55. The van der Waals surface area contributed by atoms with E-state index in [1.165, 1.54) is 18.3 Å². The number of sulfonamides is 1. The van der Waals surface area contributed by atoms with Gasteiger partial charge in [0.05, 0.1) is 10.5 Å². The van der Waals surface area contributed by atoms with Crippen LogP contribution in [0.5, 0.6) is 0 Å². The molecule has 0 spiro atoms. The minimum Gasteiger partial charge on any atom is -0.263 e. The summed E-state index contributed by atoms with van der Waals surface area (Å²) in [5.74, 6) is 0.173. The SMILES string of the molecule is N#Cc1ccc(NS(=O)(=O)c2ccc3ccccc3c2)nc1. The van der Waals surface area contributed by atoms with Crippen molar-refractivity contribution in [3.63, 3.8) is 0 Å². The molecular formula is C16H11N3O2S. The second-order valence-corrected chi connectivity index (χ2v) is 6.34. The largest absolute Gasteiger partial charge is 0.263 e. The van der Waals surface area contributed by atoms with Gasteiger partial charge in [0, 0.05) is 6.20 Å². The first-order valence-corrected chi connectivity index (χ1v) is 7.94. The second kappa shape index (κ2) is 5.47. The number of benzene rings is 2. The number of pyridine rings is 1. The molecule has 1 heterocycles. The van der Waals surface area contributed by atoms with E-state index < -0.39 is 10.0 Å². The van der Waals surface area contributed by atoms with Crippen molar-refractivity contribution in [1.82, 2.24) is 4.98 Å². The summed E-state index contributed by atoms with van der Waals surface area (Å²) in [5, 5.41) is 10.5. The molecule has 22 heavy (non-hydrogen) atoms. The number of anilines is 1. The number of fused-ring (bicyclic) bond motifs is 1. The predicted octanol–water partition coefficient (Wildman–Crippen LogP) is 2.91. The Labute approximate surface area is 127 Å². The maximum Gasteiger partial charge on any atom is 0.263 e. The van der Waals surface area contributed by atoms with E-state index in [0.29, 0.717) is 5.56 Å². The van der Waals surface area contributed by atoms with E-state index in [4.69, 9.17) is 5.26 Å². The summed E-state index contributed by atoms with van der Waals surface area (Å²) >= 11 is 0. The van der Waals surface area contributed by atoms with Crippen LogP contribution in [0, 0.1) is 11.3 Å². The molecule has 108 valence electrons. The van der Waals surface area contributed by atoms with Crippen LogP contribution in [0.1, 0.15) is 5.56 Å². The van der Waals surface area contributed by atoms with Crippen LogP contribution >= 0.6 is 0 Å². The fourth-order valence-electron chi connectivity index (χ4n) is 2.05. The lowest BCUT2D eigenvalue weighted by atomic mass is 10.1. The Hall–Kier alpha value is -2.91. The highest BCUT2D eigenvalue weighted by atomic mass is 32.2. The van der Waals surface area contributed by atoms with Gasteiger partial charge in [-0.25, -0.2) is 13.4 Å². The van der Waals surface area contributed by atoms with Crippen molar-refractivity contribution in [3.8, 4) is 6.07 Å². The Morgan fingerprint density at radius 3 is 2.45 bits per heavy atom. The number of aromatic nitrogens is 1. The van der Waals surface area contributed by atoms with Crippen LogP contribution in [0.3, 0.4) is 0 Å². The van der Waals surface area contributed by atoms with Gasteiger partial charge in [-0.3, -0.25) is 4.72 Å². The first kappa shape index (κ1) is 14.0. The van der Waals surface area contributed by atoms with Crippen LogP contribution in [-0.4, -0.2) is 13.4 Å². The maximum atomic E-state index is 12.4. The van der Waals surface area contributed by atoms with E-state index in [1.807, 2.05) is 30.3 Å². The molecule has 0 aliphatic rings. The summed E-state index contributed by atoms with van der Waals surface area (Å²) in [5.41, 5.74) is 0.369. The number of rotatable bonds is 3. The zero-order valence-electron chi connectivity index (χ0n) is 11.4. The highest BCUT2D eigenvalue weighted by Gasteiger charge is 2.15. The molecular weight excluding hydrogens is 298 g/mol. The molecule has 5 nitrogen and oxygen atoms in total. The number of nitrogens with zero attached hydrogens (tertiary/aromatic N) is 2. The zero-order valence-corrected chi connectivity index (χ0v) is 12.2. The van der Waals surface area contributed by atoms with Gasteiger partial charge in [-0.15, -0.1) is 0 Å². The van der Waals surface area contributed by atoms with Gasteiger partial charge < -0.3 is 0 Å². The van der Waals surface area contributed by atoms with E-state index in [2.05, 4.69) is 9.71 Å². The third kappa shape index (κ3) is 2.75. The van der Waals surface area contributed by atoms with Crippen LogP contribution in [0.15, 0.2) is 65.7 Å². The van der Waals surface area contributed by atoms with Crippen LogP contribution in [-0.2, 0) is 10.0 Å². The van der Waals surface area contributed by atoms with Crippen molar-refractivity contribution in [2.45, 2.75) is 4.90 Å². The van der Waals surface area contributed by atoms with Gasteiger partial charge in [0.1, 0.15) is 11.9 Å². The lowest BCUT2D eigenvalue weighted by molar-refractivity contribution is 0.601. The molecule has 1 aromatic heterocycles. The van der Waals surface area contributed by atoms with Gasteiger partial charge in [-0.1, -0.05) is 30.3 Å². The highest BCUT2D eigenvalue weighted by molar-refractivity contribution is 7.92. The van der Waals surface area contributed by atoms with Gasteiger partial charge in [-0.2, -0.15) is 5.26 Å². The minimum atomic E-state index is -3.72. The molecule has 0 atom stereocenters. The Morgan fingerprint density at radius 2 is 1.77 bits per heavy atom. The molecule has 0 aliphatic carbocycles. The third-order valence-corrected chi connectivity index (χ3v) is 4.52. The first-order chi connectivity index (χ1) is 10.6. The lowest BCUT2D eigenvalue weighted by Gasteiger charge is -2.08. The van der Waals surface area contributed by atoms with Gasteiger partial charge in [0.15, 0.2) is 0 Å². The summed E-state index contributed by atoms with van der Waals surface area (Å²) < 4.78 is 27.2.